The minimum absolute atomic E-state index is 0.0686. The molecule has 23 heavy (non-hydrogen) atoms. The third-order valence-electron chi connectivity index (χ3n) is 5.22. The second-order valence-electron chi connectivity index (χ2n) is 6.35. The topological polar surface area (TPSA) is 9.23 Å². The molecule has 1 saturated carbocycles. The zero-order valence-corrected chi connectivity index (χ0v) is 13.8. The molecule has 2 unspecified atom stereocenters. The number of hydrogen-bond donors (Lipinski definition) is 0. The van der Waals surface area contributed by atoms with Crippen molar-refractivity contribution in [3.05, 3.63) is 77.9 Å². The van der Waals surface area contributed by atoms with E-state index in [4.69, 9.17) is 27.9 Å². The second-order valence-corrected chi connectivity index (χ2v) is 7.73. The maximum absolute atomic E-state index is 6.69. The van der Waals surface area contributed by atoms with Gasteiger partial charge in [0.15, 0.2) is 9.93 Å². The minimum Gasteiger partial charge on any atom is -0.479 e. The van der Waals surface area contributed by atoms with Gasteiger partial charge in [-0.15, -0.1) is 0 Å². The summed E-state index contributed by atoms with van der Waals surface area (Å²) in [5.41, 5.74) is 1.63. The van der Waals surface area contributed by atoms with Gasteiger partial charge in [-0.1, -0.05) is 83.9 Å². The van der Waals surface area contributed by atoms with Crippen molar-refractivity contribution in [1.29, 1.82) is 0 Å². The molecule has 0 spiro atoms. The van der Waals surface area contributed by atoms with Crippen LogP contribution in [-0.2, 0) is 12.0 Å². The lowest BCUT2D eigenvalue weighted by Gasteiger charge is -2.27. The van der Waals surface area contributed by atoms with Gasteiger partial charge in [-0.05, 0) is 28.8 Å². The summed E-state index contributed by atoms with van der Waals surface area (Å²) in [7, 11) is 0. The number of ether oxygens (including phenoxy) is 1. The van der Waals surface area contributed by atoms with Gasteiger partial charge in [0, 0.05) is 11.5 Å². The molecule has 1 heterocycles. The number of rotatable bonds is 1. The fourth-order valence-corrected chi connectivity index (χ4v) is 4.91. The summed E-state index contributed by atoms with van der Waals surface area (Å²) in [4.78, 5) is 0. The molecule has 114 valence electrons. The standard InChI is InChI=1S/C20H14Cl2O/c21-20(22)18-12-16-15-9-5-4-6-13(15)10-11-17(16)23-19(18,20)14-7-2-1-3-8-14/h1-11,18H,12H2. The lowest BCUT2D eigenvalue weighted by molar-refractivity contribution is 0.144. The van der Waals surface area contributed by atoms with Gasteiger partial charge in [-0.2, -0.15) is 0 Å². The van der Waals surface area contributed by atoms with Gasteiger partial charge in [0.1, 0.15) is 5.75 Å². The van der Waals surface area contributed by atoms with E-state index in [9.17, 15) is 0 Å². The second kappa shape index (κ2) is 4.43. The highest BCUT2D eigenvalue weighted by Gasteiger charge is 2.80. The summed E-state index contributed by atoms with van der Waals surface area (Å²) in [6.07, 6.45) is 0.832. The normalized spacial score (nSPS) is 27.0. The molecule has 2 atom stereocenters. The van der Waals surface area contributed by atoms with Gasteiger partial charge < -0.3 is 4.74 Å². The molecule has 5 rings (SSSR count). The van der Waals surface area contributed by atoms with E-state index in [1.54, 1.807) is 0 Å². The molecule has 1 nitrogen and oxygen atoms in total. The van der Waals surface area contributed by atoms with E-state index in [0.717, 1.165) is 17.7 Å². The lowest BCUT2D eigenvalue weighted by Crippen LogP contribution is -2.26. The Kier molecular flexibility index (Phi) is 2.64. The van der Waals surface area contributed by atoms with Crippen molar-refractivity contribution in [2.45, 2.75) is 16.4 Å². The van der Waals surface area contributed by atoms with Crippen LogP contribution in [0.3, 0.4) is 0 Å². The number of halogens is 2. The van der Waals surface area contributed by atoms with Crippen LogP contribution in [0.25, 0.3) is 10.8 Å². The summed E-state index contributed by atoms with van der Waals surface area (Å²) in [5.74, 6) is 0.964. The van der Waals surface area contributed by atoms with E-state index in [-0.39, 0.29) is 5.92 Å². The van der Waals surface area contributed by atoms with Gasteiger partial charge in [-0.25, -0.2) is 0 Å². The Morgan fingerprint density at radius 1 is 0.870 bits per heavy atom. The maximum Gasteiger partial charge on any atom is 0.173 e. The van der Waals surface area contributed by atoms with E-state index in [2.05, 4.69) is 30.3 Å². The van der Waals surface area contributed by atoms with Crippen LogP contribution in [0.1, 0.15) is 11.1 Å². The van der Waals surface area contributed by atoms with Crippen LogP contribution >= 0.6 is 23.2 Å². The Hall–Kier alpha value is -1.70. The third-order valence-corrected chi connectivity index (χ3v) is 6.31. The van der Waals surface area contributed by atoms with Gasteiger partial charge >= 0.3 is 0 Å². The average Bonchev–Trinajstić information content (AvgIpc) is 3.10. The number of fused-ring (bicyclic) bond motifs is 4. The predicted octanol–water partition coefficient (Wildman–Crippen LogP) is 5.47. The number of hydrogen-bond acceptors (Lipinski definition) is 1. The van der Waals surface area contributed by atoms with Crippen molar-refractivity contribution in [2.24, 2.45) is 5.92 Å². The van der Waals surface area contributed by atoms with Gasteiger partial charge in [0.05, 0.1) is 0 Å². The lowest BCUT2D eigenvalue weighted by atomic mass is 9.93. The van der Waals surface area contributed by atoms with E-state index < -0.39 is 9.93 Å². The van der Waals surface area contributed by atoms with Crippen LogP contribution in [0.4, 0.5) is 0 Å². The molecule has 0 N–H and O–H groups in total. The van der Waals surface area contributed by atoms with Crippen LogP contribution < -0.4 is 4.74 Å². The quantitative estimate of drug-likeness (QED) is 0.533. The molecule has 1 aliphatic heterocycles. The molecule has 1 fully saturated rings. The molecular weight excluding hydrogens is 327 g/mol. The molecular formula is C20H14Cl2O. The number of benzene rings is 3. The van der Waals surface area contributed by atoms with Crippen LogP contribution in [0.5, 0.6) is 5.75 Å². The molecule has 0 bridgehead atoms. The third kappa shape index (κ3) is 1.64. The van der Waals surface area contributed by atoms with E-state index in [0.29, 0.717) is 0 Å². The first-order chi connectivity index (χ1) is 11.1. The van der Waals surface area contributed by atoms with Gasteiger partial charge in [0.2, 0.25) is 0 Å². The smallest absolute Gasteiger partial charge is 0.173 e. The molecule has 0 amide bonds. The molecule has 1 aliphatic carbocycles. The van der Waals surface area contributed by atoms with Crippen molar-refractivity contribution in [3.63, 3.8) is 0 Å². The van der Waals surface area contributed by atoms with E-state index >= 15 is 0 Å². The van der Waals surface area contributed by atoms with E-state index in [1.165, 1.54) is 16.3 Å². The maximum atomic E-state index is 6.69. The Morgan fingerprint density at radius 3 is 2.43 bits per heavy atom. The molecule has 2 aliphatic rings. The summed E-state index contributed by atoms with van der Waals surface area (Å²) in [6, 6.07) is 22.6. The Balaban J connectivity index is 1.70. The molecule has 0 saturated heterocycles. The monoisotopic (exact) mass is 340 g/mol. The van der Waals surface area contributed by atoms with Gasteiger partial charge in [0.25, 0.3) is 0 Å². The van der Waals surface area contributed by atoms with Crippen LogP contribution in [-0.4, -0.2) is 4.33 Å². The molecule has 3 heteroatoms. The van der Waals surface area contributed by atoms with Crippen molar-refractivity contribution in [2.75, 3.05) is 0 Å². The molecule has 3 aromatic carbocycles. The largest absolute Gasteiger partial charge is 0.479 e. The fraction of sp³-hybridized carbons (Fsp3) is 0.200. The van der Waals surface area contributed by atoms with E-state index in [1.807, 2.05) is 36.4 Å². The summed E-state index contributed by atoms with van der Waals surface area (Å²) in [6.45, 7) is 0. The molecule has 0 aromatic heterocycles. The Labute approximate surface area is 144 Å². The Morgan fingerprint density at radius 2 is 1.61 bits per heavy atom. The minimum atomic E-state index is -0.894. The highest BCUT2D eigenvalue weighted by atomic mass is 35.5. The highest BCUT2D eigenvalue weighted by Crippen LogP contribution is 2.73. The average molecular weight is 341 g/mol. The predicted molar refractivity (Wildman–Crippen MR) is 94.3 cm³/mol. The molecule has 0 radical (unpaired) electrons. The van der Waals surface area contributed by atoms with Crippen LogP contribution in [0.15, 0.2) is 66.7 Å². The summed E-state index contributed by atoms with van der Waals surface area (Å²) in [5, 5.41) is 2.44. The van der Waals surface area contributed by atoms with Gasteiger partial charge in [-0.3, -0.25) is 0 Å². The van der Waals surface area contributed by atoms with Crippen molar-refractivity contribution in [1.82, 2.24) is 0 Å². The van der Waals surface area contributed by atoms with Crippen molar-refractivity contribution < 1.29 is 4.74 Å². The summed E-state index contributed by atoms with van der Waals surface area (Å²) < 4.78 is 5.54. The van der Waals surface area contributed by atoms with Crippen molar-refractivity contribution >= 4 is 34.0 Å². The van der Waals surface area contributed by atoms with Crippen molar-refractivity contribution in [3.8, 4) is 5.75 Å². The van der Waals surface area contributed by atoms with Crippen LogP contribution in [0.2, 0.25) is 0 Å². The Bertz CT molecular complexity index is 919. The zero-order chi connectivity index (χ0) is 15.7. The SMILES string of the molecule is ClC1(Cl)C2Cc3c(ccc4ccccc34)OC21c1ccccc1. The zero-order valence-electron chi connectivity index (χ0n) is 12.3. The first kappa shape index (κ1) is 13.7. The fourth-order valence-electron chi connectivity index (χ4n) is 4.00. The number of alkyl halides is 2. The van der Waals surface area contributed by atoms with Crippen LogP contribution in [0, 0.1) is 5.92 Å². The molecule has 3 aromatic rings. The first-order valence-electron chi connectivity index (χ1n) is 7.77. The highest BCUT2D eigenvalue weighted by molar-refractivity contribution is 6.52. The summed E-state index contributed by atoms with van der Waals surface area (Å²) >= 11 is 13.4. The first-order valence-corrected chi connectivity index (χ1v) is 8.53.